The topological polar surface area (TPSA) is 74.5 Å². The van der Waals surface area contributed by atoms with Crippen LogP contribution in [0.4, 0.5) is 10.2 Å². The molecule has 6 rings (SSSR count). The Kier molecular flexibility index (Phi) is 6.81. The third-order valence-corrected chi connectivity index (χ3v) is 7.86. The average Bonchev–Trinajstić information content (AvgIpc) is 3.38. The zero-order valence-corrected chi connectivity index (χ0v) is 21.6. The molecule has 7 nitrogen and oxygen atoms in total. The number of hydrogen-bond acceptors (Lipinski definition) is 6. The molecule has 0 bridgehead atoms. The van der Waals surface area contributed by atoms with E-state index in [9.17, 15) is 9.18 Å². The lowest BCUT2D eigenvalue weighted by Gasteiger charge is -2.32. The number of carbonyl (C=O) groups excluding carboxylic acids is 1. The molecular formula is C30H32FN5O2. The van der Waals surface area contributed by atoms with Crippen molar-refractivity contribution in [3.05, 3.63) is 66.2 Å². The highest BCUT2D eigenvalue weighted by atomic mass is 19.1. The molecule has 4 aromatic rings. The summed E-state index contributed by atoms with van der Waals surface area (Å²) in [6.45, 7) is 3.02. The standard InChI is InChI=1S/C30H32FN5O2/c1-35(24-5-3-2-4-6-24)28-26-25(20-11-13-23(31)14-12-20)27(38-29(26)34-19-33-28)21-7-9-22(10-8-21)30(37)36-17-15-32-16-18-36/h7-14,19,24,32H,2-6,15-18H2,1H3. The van der Waals surface area contributed by atoms with Gasteiger partial charge in [0.2, 0.25) is 5.71 Å². The minimum Gasteiger partial charge on any atom is -0.437 e. The van der Waals surface area contributed by atoms with Gasteiger partial charge in [0.15, 0.2) is 0 Å². The lowest BCUT2D eigenvalue weighted by atomic mass is 9.94. The first-order valence-corrected chi connectivity index (χ1v) is 13.5. The lowest BCUT2D eigenvalue weighted by molar-refractivity contribution is 0.0736. The second-order valence-electron chi connectivity index (χ2n) is 10.2. The average molecular weight is 514 g/mol. The maximum atomic E-state index is 13.9. The fourth-order valence-electron chi connectivity index (χ4n) is 5.74. The van der Waals surface area contributed by atoms with Gasteiger partial charge in [0.05, 0.1) is 5.39 Å². The highest BCUT2D eigenvalue weighted by molar-refractivity contribution is 6.06. The monoisotopic (exact) mass is 513 g/mol. The van der Waals surface area contributed by atoms with Crippen LogP contribution in [-0.4, -0.2) is 60.0 Å². The number of halogens is 1. The number of aromatic nitrogens is 2. The summed E-state index contributed by atoms with van der Waals surface area (Å²) >= 11 is 0. The van der Waals surface area contributed by atoms with Crippen LogP contribution in [0.2, 0.25) is 0 Å². The van der Waals surface area contributed by atoms with Crippen LogP contribution in [0.15, 0.2) is 59.3 Å². The summed E-state index contributed by atoms with van der Waals surface area (Å²) in [4.78, 5) is 26.3. The molecule has 1 aliphatic carbocycles. The number of carbonyl (C=O) groups is 1. The molecule has 8 heteroatoms. The highest BCUT2D eigenvalue weighted by Crippen LogP contribution is 2.44. The largest absolute Gasteiger partial charge is 0.437 e. The van der Waals surface area contributed by atoms with E-state index < -0.39 is 0 Å². The van der Waals surface area contributed by atoms with Crippen LogP contribution < -0.4 is 10.2 Å². The van der Waals surface area contributed by atoms with Gasteiger partial charge in [-0.2, -0.15) is 0 Å². The molecule has 2 fully saturated rings. The van der Waals surface area contributed by atoms with Gasteiger partial charge in [0.25, 0.3) is 5.91 Å². The molecule has 0 unspecified atom stereocenters. The van der Waals surface area contributed by atoms with Gasteiger partial charge in [-0.25, -0.2) is 14.4 Å². The number of nitrogens with zero attached hydrogens (tertiary/aromatic N) is 4. The molecule has 1 N–H and O–H groups in total. The molecule has 196 valence electrons. The molecule has 2 aromatic carbocycles. The number of piperazine rings is 1. The molecule has 3 heterocycles. The summed E-state index contributed by atoms with van der Waals surface area (Å²) in [5.74, 6) is 1.19. The first kappa shape index (κ1) is 24.6. The second kappa shape index (κ2) is 10.5. The van der Waals surface area contributed by atoms with Crippen molar-refractivity contribution in [3.8, 4) is 22.5 Å². The Balaban J connectivity index is 1.45. The summed E-state index contributed by atoms with van der Waals surface area (Å²) in [6.07, 6.45) is 7.50. The van der Waals surface area contributed by atoms with Crippen molar-refractivity contribution in [2.75, 3.05) is 38.1 Å². The van der Waals surface area contributed by atoms with Gasteiger partial charge >= 0.3 is 0 Å². The van der Waals surface area contributed by atoms with Gasteiger partial charge in [0, 0.05) is 56.0 Å². The predicted octanol–water partition coefficient (Wildman–Crippen LogP) is 5.51. The number of furan rings is 1. The Hall–Kier alpha value is -3.78. The number of anilines is 1. The van der Waals surface area contributed by atoms with Gasteiger partial charge in [-0.3, -0.25) is 4.79 Å². The number of benzene rings is 2. The van der Waals surface area contributed by atoms with Crippen molar-refractivity contribution in [2.45, 2.75) is 38.1 Å². The summed E-state index contributed by atoms with van der Waals surface area (Å²) in [6, 6.07) is 14.4. The van der Waals surface area contributed by atoms with Crippen LogP contribution in [0.1, 0.15) is 42.5 Å². The van der Waals surface area contributed by atoms with Gasteiger partial charge < -0.3 is 19.5 Å². The molecule has 2 aromatic heterocycles. The van der Waals surface area contributed by atoms with E-state index in [1.54, 1.807) is 18.5 Å². The molecule has 0 atom stereocenters. The maximum absolute atomic E-state index is 13.9. The minimum atomic E-state index is -0.297. The predicted molar refractivity (Wildman–Crippen MR) is 147 cm³/mol. The summed E-state index contributed by atoms with van der Waals surface area (Å²) in [5.41, 5.74) is 3.62. The Labute approximate surface area is 221 Å². The fourth-order valence-corrected chi connectivity index (χ4v) is 5.74. The maximum Gasteiger partial charge on any atom is 0.253 e. The lowest BCUT2D eigenvalue weighted by Crippen LogP contribution is -2.46. The minimum absolute atomic E-state index is 0.0312. The number of hydrogen-bond donors (Lipinski definition) is 1. The fraction of sp³-hybridized carbons (Fsp3) is 0.367. The van der Waals surface area contributed by atoms with Crippen molar-refractivity contribution < 1.29 is 13.6 Å². The molecule has 1 aliphatic heterocycles. The molecule has 0 spiro atoms. The third-order valence-electron chi connectivity index (χ3n) is 7.86. The smallest absolute Gasteiger partial charge is 0.253 e. The third kappa shape index (κ3) is 4.65. The Morgan fingerprint density at radius 2 is 1.66 bits per heavy atom. The number of amides is 1. The van der Waals surface area contributed by atoms with E-state index in [4.69, 9.17) is 9.40 Å². The zero-order chi connectivity index (χ0) is 26.1. The molecule has 1 saturated carbocycles. The number of rotatable bonds is 5. The SMILES string of the molecule is CN(c1ncnc2oc(-c3ccc(C(=O)N4CCNCC4)cc3)c(-c3ccc(F)cc3)c12)C1CCCCC1. The molecule has 38 heavy (non-hydrogen) atoms. The molecule has 2 aliphatic rings. The van der Waals surface area contributed by atoms with Crippen LogP contribution >= 0.6 is 0 Å². The molecule has 1 amide bonds. The van der Waals surface area contributed by atoms with E-state index in [0.29, 0.717) is 36.2 Å². The van der Waals surface area contributed by atoms with E-state index in [1.807, 2.05) is 29.2 Å². The van der Waals surface area contributed by atoms with Crippen LogP contribution in [0, 0.1) is 5.82 Å². The Morgan fingerprint density at radius 1 is 0.974 bits per heavy atom. The van der Waals surface area contributed by atoms with E-state index in [0.717, 1.165) is 53.8 Å². The first-order valence-electron chi connectivity index (χ1n) is 13.5. The summed E-state index contributed by atoms with van der Waals surface area (Å²) in [5, 5.41) is 4.10. The van der Waals surface area contributed by atoms with Gasteiger partial charge in [-0.05, 0) is 42.7 Å². The Bertz CT molecular complexity index is 1420. The van der Waals surface area contributed by atoms with E-state index in [-0.39, 0.29) is 11.7 Å². The summed E-state index contributed by atoms with van der Waals surface area (Å²) in [7, 11) is 2.09. The van der Waals surface area contributed by atoms with Crippen molar-refractivity contribution in [1.82, 2.24) is 20.2 Å². The second-order valence-corrected chi connectivity index (χ2v) is 10.2. The number of nitrogens with one attached hydrogen (secondary N) is 1. The van der Waals surface area contributed by atoms with Crippen molar-refractivity contribution in [2.24, 2.45) is 0 Å². The first-order chi connectivity index (χ1) is 18.6. The van der Waals surface area contributed by atoms with Crippen LogP contribution in [0.3, 0.4) is 0 Å². The Morgan fingerprint density at radius 3 is 2.37 bits per heavy atom. The molecule has 0 radical (unpaired) electrons. The number of fused-ring (bicyclic) bond motifs is 1. The quantitative estimate of drug-likeness (QED) is 0.379. The van der Waals surface area contributed by atoms with Crippen LogP contribution in [0.25, 0.3) is 33.6 Å². The van der Waals surface area contributed by atoms with Crippen molar-refractivity contribution >= 4 is 22.8 Å². The molecule has 1 saturated heterocycles. The van der Waals surface area contributed by atoms with Crippen LogP contribution in [0.5, 0.6) is 0 Å². The van der Waals surface area contributed by atoms with E-state index in [2.05, 4.69) is 22.2 Å². The molecular weight excluding hydrogens is 481 g/mol. The zero-order valence-electron chi connectivity index (χ0n) is 21.6. The van der Waals surface area contributed by atoms with E-state index in [1.165, 1.54) is 31.4 Å². The van der Waals surface area contributed by atoms with Gasteiger partial charge in [-0.1, -0.05) is 43.5 Å². The van der Waals surface area contributed by atoms with Crippen molar-refractivity contribution in [3.63, 3.8) is 0 Å². The van der Waals surface area contributed by atoms with Gasteiger partial charge in [-0.15, -0.1) is 0 Å². The van der Waals surface area contributed by atoms with Crippen molar-refractivity contribution in [1.29, 1.82) is 0 Å². The normalized spacial score (nSPS) is 16.6. The van der Waals surface area contributed by atoms with Gasteiger partial charge in [0.1, 0.15) is 23.7 Å². The van der Waals surface area contributed by atoms with E-state index >= 15 is 0 Å². The van der Waals surface area contributed by atoms with Crippen LogP contribution in [-0.2, 0) is 0 Å². The summed E-state index contributed by atoms with van der Waals surface area (Å²) < 4.78 is 20.3. The highest BCUT2D eigenvalue weighted by Gasteiger charge is 2.27.